The minimum absolute atomic E-state index is 0.129. The molecule has 0 aromatic carbocycles. The number of carbonyl (C=O) groups excluding carboxylic acids is 4. The van der Waals surface area contributed by atoms with Crippen LogP contribution in [0.4, 0.5) is 0 Å². The zero-order valence-electron chi connectivity index (χ0n) is 25.6. The fraction of sp³-hybridized carbons (Fsp3) is 0.833. The van der Waals surface area contributed by atoms with Crippen LogP contribution in [0.25, 0.3) is 0 Å². The van der Waals surface area contributed by atoms with Gasteiger partial charge in [-0.15, -0.1) is 0 Å². The van der Waals surface area contributed by atoms with Crippen LogP contribution < -0.4 is 0 Å². The minimum Gasteiger partial charge on any atom is -0.481 e. The molecule has 0 saturated carbocycles. The van der Waals surface area contributed by atoms with Crippen LogP contribution in [0.2, 0.25) is 0 Å². The molecule has 0 radical (unpaired) electrons. The molecule has 0 heterocycles. The molecule has 0 aliphatic rings. The first-order valence-corrected chi connectivity index (χ1v) is 15.1. The van der Waals surface area contributed by atoms with Crippen molar-refractivity contribution in [2.24, 2.45) is 0 Å². The number of hydrogen-bond donors (Lipinski definition) is 2. The molecule has 238 valence electrons. The van der Waals surface area contributed by atoms with Crippen molar-refractivity contribution in [1.82, 2.24) is 0 Å². The van der Waals surface area contributed by atoms with Gasteiger partial charge in [0.05, 0.1) is 38.2 Å². The first-order chi connectivity index (χ1) is 19.4. The normalized spacial score (nSPS) is 14.7. The van der Waals surface area contributed by atoms with E-state index >= 15 is 0 Å². The van der Waals surface area contributed by atoms with Gasteiger partial charge < -0.3 is 29.2 Å². The van der Waals surface area contributed by atoms with Crippen molar-refractivity contribution in [3.8, 4) is 0 Å². The average molecular weight is 589 g/mol. The van der Waals surface area contributed by atoms with Crippen molar-refractivity contribution < 1.29 is 53.1 Å². The van der Waals surface area contributed by atoms with Gasteiger partial charge in [0.1, 0.15) is 24.4 Å². The van der Waals surface area contributed by atoms with E-state index in [-0.39, 0.29) is 32.1 Å². The third-order valence-electron chi connectivity index (χ3n) is 6.36. The third kappa shape index (κ3) is 20.8. The van der Waals surface area contributed by atoms with Crippen LogP contribution in [-0.2, 0) is 42.9 Å². The Hall–Kier alpha value is -2.69. The average Bonchev–Trinajstić information content (AvgIpc) is 2.86. The topological polar surface area (TPSA) is 163 Å². The zero-order chi connectivity index (χ0) is 31.2. The van der Waals surface area contributed by atoms with Crippen LogP contribution in [0, 0.1) is 0 Å². The second kappa shape index (κ2) is 22.9. The van der Waals surface area contributed by atoms with Crippen LogP contribution in [0.1, 0.15) is 131 Å². The van der Waals surface area contributed by atoms with Gasteiger partial charge in [-0.25, -0.2) is 0 Å². The zero-order valence-corrected chi connectivity index (χ0v) is 25.6. The number of aliphatic carboxylic acids is 1. The first kappa shape index (κ1) is 38.3. The van der Waals surface area contributed by atoms with E-state index in [0.717, 1.165) is 32.1 Å². The largest absolute Gasteiger partial charge is 0.481 e. The molecule has 0 bridgehead atoms. The van der Waals surface area contributed by atoms with Crippen LogP contribution in [0.5, 0.6) is 0 Å². The summed E-state index contributed by atoms with van der Waals surface area (Å²) < 4.78 is 21.5. The standard InChI is InChI=1S/C30H52O11/c1-6-10-12-14-22(31)17-27(34)41-25(15-11-7-2)20-30(37)40-24(13-8-3)19-29(36)39-23(9-4)18-28(35)38-21(5)16-26(32)33/h21-25,31H,6-20H2,1-5H3,(H,32,33). The summed E-state index contributed by atoms with van der Waals surface area (Å²) in [4.78, 5) is 60.6. The highest BCUT2D eigenvalue weighted by atomic mass is 16.6. The maximum absolute atomic E-state index is 12.7. The lowest BCUT2D eigenvalue weighted by Gasteiger charge is -2.22. The molecule has 0 saturated heterocycles. The number of unbranched alkanes of at least 4 members (excludes halogenated alkanes) is 3. The van der Waals surface area contributed by atoms with Crippen LogP contribution in [0.15, 0.2) is 0 Å². The number of rotatable bonds is 24. The van der Waals surface area contributed by atoms with Gasteiger partial charge in [0, 0.05) is 0 Å². The Balaban J connectivity index is 4.94. The van der Waals surface area contributed by atoms with Crippen molar-refractivity contribution in [2.75, 3.05) is 0 Å². The van der Waals surface area contributed by atoms with Gasteiger partial charge in [0.25, 0.3) is 0 Å². The monoisotopic (exact) mass is 588 g/mol. The van der Waals surface area contributed by atoms with E-state index in [1.165, 1.54) is 6.92 Å². The molecule has 0 spiro atoms. The molecule has 11 nitrogen and oxygen atoms in total. The second-order valence-electron chi connectivity index (χ2n) is 10.5. The number of ether oxygens (including phenoxy) is 4. The second-order valence-corrected chi connectivity index (χ2v) is 10.5. The molecule has 0 aromatic heterocycles. The summed E-state index contributed by atoms with van der Waals surface area (Å²) in [6.07, 6.45) is 1.95. The molecule has 2 N–H and O–H groups in total. The SMILES string of the molecule is CCCCCC(O)CC(=O)OC(CCCC)CC(=O)OC(CCC)CC(=O)OC(CC)CC(=O)OC(C)CC(=O)O. The number of carboxylic acid groups (broad SMARTS) is 1. The van der Waals surface area contributed by atoms with Gasteiger partial charge in [0.2, 0.25) is 0 Å². The Labute approximate surface area is 244 Å². The Kier molecular flexibility index (Phi) is 21.4. The van der Waals surface area contributed by atoms with Crippen molar-refractivity contribution >= 4 is 29.8 Å². The lowest BCUT2D eigenvalue weighted by atomic mass is 10.1. The van der Waals surface area contributed by atoms with Gasteiger partial charge in [-0.05, 0) is 32.6 Å². The van der Waals surface area contributed by atoms with E-state index in [0.29, 0.717) is 32.1 Å². The predicted octanol–water partition coefficient (Wildman–Crippen LogP) is 5.03. The smallest absolute Gasteiger partial charge is 0.309 e. The van der Waals surface area contributed by atoms with Crippen molar-refractivity contribution in [3.05, 3.63) is 0 Å². The van der Waals surface area contributed by atoms with E-state index < -0.39 is 60.4 Å². The van der Waals surface area contributed by atoms with Crippen LogP contribution >= 0.6 is 0 Å². The molecule has 0 aromatic rings. The molecule has 0 aliphatic carbocycles. The molecule has 0 rings (SSSR count). The Morgan fingerprint density at radius 2 is 1.05 bits per heavy atom. The molecule has 0 amide bonds. The Morgan fingerprint density at radius 1 is 0.561 bits per heavy atom. The predicted molar refractivity (Wildman–Crippen MR) is 151 cm³/mol. The third-order valence-corrected chi connectivity index (χ3v) is 6.36. The summed E-state index contributed by atoms with van der Waals surface area (Å²) in [7, 11) is 0. The first-order valence-electron chi connectivity index (χ1n) is 15.1. The van der Waals surface area contributed by atoms with Gasteiger partial charge in [-0.3, -0.25) is 24.0 Å². The summed E-state index contributed by atoms with van der Waals surface area (Å²) in [6, 6.07) is 0. The highest BCUT2D eigenvalue weighted by molar-refractivity contribution is 5.75. The number of aliphatic hydroxyl groups excluding tert-OH is 1. The summed E-state index contributed by atoms with van der Waals surface area (Å²) in [5, 5.41) is 18.9. The highest BCUT2D eigenvalue weighted by Gasteiger charge is 2.26. The van der Waals surface area contributed by atoms with Crippen LogP contribution in [-0.4, -0.2) is 70.6 Å². The number of aliphatic hydroxyl groups is 1. The summed E-state index contributed by atoms with van der Waals surface area (Å²) in [5.74, 6) is -3.56. The van der Waals surface area contributed by atoms with E-state index in [2.05, 4.69) is 6.92 Å². The maximum Gasteiger partial charge on any atom is 0.309 e. The fourth-order valence-corrected chi connectivity index (χ4v) is 4.17. The molecule has 41 heavy (non-hydrogen) atoms. The van der Waals surface area contributed by atoms with Crippen molar-refractivity contribution in [3.63, 3.8) is 0 Å². The molecular weight excluding hydrogens is 536 g/mol. The highest BCUT2D eigenvalue weighted by Crippen LogP contribution is 2.17. The molecule has 11 heteroatoms. The molecular formula is C30H52O11. The molecule has 0 aliphatic heterocycles. The number of carbonyl (C=O) groups is 5. The van der Waals surface area contributed by atoms with Gasteiger partial charge in [0.15, 0.2) is 0 Å². The number of carboxylic acids is 1. The van der Waals surface area contributed by atoms with Crippen LogP contribution in [0.3, 0.4) is 0 Å². The summed E-state index contributed by atoms with van der Waals surface area (Å²) >= 11 is 0. The van der Waals surface area contributed by atoms with Gasteiger partial charge >= 0.3 is 29.8 Å². The summed E-state index contributed by atoms with van der Waals surface area (Å²) in [5.41, 5.74) is 0. The summed E-state index contributed by atoms with van der Waals surface area (Å²) in [6.45, 7) is 9.12. The number of esters is 4. The van der Waals surface area contributed by atoms with Gasteiger partial charge in [-0.2, -0.15) is 0 Å². The Bertz CT molecular complexity index is 782. The Morgan fingerprint density at radius 3 is 1.56 bits per heavy atom. The molecule has 5 unspecified atom stereocenters. The maximum atomic E-state index is 12.7. The quantitative estimate of drug-likeness (QED) is 0.0883. The van der Waals surface area contributed by atoms with Gasteiger partial charge in [-0.1, -0.05) is 66.2 Å². The van der Waals surface area contributed by atoms with E-state index in [4.69, 9.17) is 24.1 Å². The van der Waals surface area contributed by atoms with E-state index in [1.807, 2.05) is 13.8 Å². The number of hydrogen-bond acceptors (Lipinski definition) is 10. The molecule has 5 atom stereocenters. The minimum atomic E-state index is -1.09. The van der Waals surface area contributed by atoms with Crippen molar-refractivity contribution in [2.45, 2.75) is 161 Å². The lowest BCUT2D eigenvalue weighted by Crippen LogP contribution is -2.30. The van der Waals surface area contributed by atoms with Crippen molar-refractivity contribution in [1.29, 1.82) is 0 Å². The fourth-order valence-electron chi connectivity index (χ4n) is 4.17. The van der Waals surface area contributed by atoms with E-state index in [9.17, 15) is 29.1 Å². The lowest BCUT2D eigenvalue weighted by molar-refractivity contribution is -0.163. The van der Waals surface area contributed by atoms with E-state index in [1.54, 1.807) is 6.92 Å². The molecule has 0 fully saturated rings.